The molecule has 0 aliphatic carbocycles. The van der Waals surface area contributed by atoms with Gasteiger partial charge in [0, 0.05) is 13.6 Å². The fourth-order valence-electron chi connectivity index (χ4n) is 1.71. The summed E-state index contributed by atoms with van der Waals surface area (Å²) in [6.07, 6.45) is 0. The summed E-state index contributed by atoms with van der Waals surface area (Å²) in [4.78, 5) is 16.3. The van der Waals surface area contributed by atoms with E-state index in [9.17, 15) is 4.79 Å². The highest BCUT2D eigenvalue weighted by molar-refractivity contribution is 6.33. The number of carbonyl (C=O) groups excluding carboxylic acids is 1. The third-order valence-electron chi connectivity index (χ3n) is 2.89. The van der Waals surface area contributed by atoms with Crippen LogP contribution >= 0.6 is 11.6 Å². The zero-order chi connectivity index (χ0) is 14.5. The minimum atomic E-state index is -0.285. The molecule has 4 nitrogen and oxygen atoms in total. The molecule has 0 bridgehead atoms. The first-order valence-electron chi connectivity index (χ1n) is 6.28. The van der Waals surface area contributed by atoms with E-state index in [0.717, 1.165) is 5.56 Å². The van der Waals surface area contributed by atoms with Crippen LogP contribution in [0.3, 0.4) is 0 Å². The third kappa shape index (κ3) is 3.48. The highest BCUT2D eigenvalue weighted by Crippen LogP contribution is 2.16. The van der Waals surface area contributed by atoms with Crippen molar-refractivity contribution < 1.29 is 4.79 Å². The van der Waals surface area contributed by atoms with Crippen LogP contribution in [-0.4, -0.2) is 17.9 Å². The fourth-order valence-corrected chi connectivity index (χ4v) is 1.90. The summed E-state index contributed by atoms with van der Waals surface area (Å²) in [6.45, 7) is 2.47. The average Bonchev–Trinajstić information content (AvgIpc) is 2.47. The largest absolute Gasteiger partial charge is 0.373 e. The van der Waals surface area contributed by atoms with Crippen molar-refractivity contribution in [2.45, 2.75) is 13.5 Å². The highest BCUT2D eigenvalue weighted by Gasteiger charge is 2.12. The number of aromatic nitrogens is 1. The van der Waals surface area contributed by atoms with Crippen LogP contribution < -0.4 is 10.6 Å². The van der Waals surface area contributed by atoms with E-state index in [1.165, 1.54) is 5.56 Å². The van der Waals surface area contributed by atoms with E-state index in [2.05, 4.69) is 15.6 Å². The van der Waals surface area contributed by atoms with E-state index >= 15 is 0 Å². The lowest BCUT2D eigenvalue weighted by Gasteiger charge is -2.08. The number of nitrogens with one attached hydrogen (secondary N) is 2. The standard InChI is InChI=1S/C15H16ClN3O/c1-10-3-5-11(6-4-10)9-18-15(20)14-12(16)7-8-13(17-2)19-14/h3-8H,9H2,1-2H3,(H,17,19)(H,18,20). The first-order chi connectivity index (χ1) is 9.60. The number of benzene rings is 1. The van der Waals surface area contributed by atoms with Gasteiger partial charge in [0.25, 0.3) is 5.91 Å². The van der Waals surface area contributed by atoms with Crippen molar-refractivity contribution in [2.75, 3.05) is 12.4 Å². The Balaban J connectivity index is 2.06. The maximum absolute atomic E-state index is 12.1. The van der Waals surface area contributed by atoms with Crippen LogP contribution in [0.15, 0.2) is 36.4 Å². The molecule has 0 spiro atoms. The highest BCUT2D eigenvalue weighted by atomic mass is 35.5. The molecule has 2 rings (SSSR count). The van der Waals surface area contributed by atoms with Gasteiger partial charge in [-0.3, -0.25) is 4.79 Å². The minimum absolute atomic E-state index is 0.227. The molecule has 1 aromatic heterocycles. The Morgan fingerprint density at radius 2 is 1.90 bits per heavy atom. The van der Waals surface area contributed by atoms with Crippen molar-refractivity contribution in [3.63, 3.8) is 0 Å². The molecule has 0 fully saturated rings. The van der Waals surface area contributed by atoms with Crippen LogP contribution in [0.1, 0.15) is 21.6 Å². The monoisotopic (exact) mass is 289 g/mol. The van der Waals surface area contributed by atoms with Crippen molar-refractivity contribution in [2.24, 2.45) is 0 Å². The number of hydrogen-bond donors (Lipinski definition) is 2. The predicted molar refractivity (Wildman–Crippen MR) is 81.1 cm³/mol. The van der Waals surface area contributed by atoms with Crippen molar-refractivity contribution >= 4 is 23.3 Å². The molecule has 0 unspecified atom stereocenters. The van der Waals surface area contributed by atoms with Crippen LogP contribution in [-0.2, 0) is 6.54 Å². The molecule has 0 radical (unpaired) electrons. The topological polar surface area (TPSA) is 54.0 Å². The van der Waals surface area contributed by atoms with Gasteiger partial charge in [-0.05, 0) is 24.6 Å². The number of nitrogens with zero attached hydrogens (tertiary/aromatic N) is 1. The Bertz CT molecular complexity index is 611. The van der Waals surface area contributed by atoms with E-state index in [4.69, 9.17) is 11.6 Å². The van der Waals surface area contributed by atoms with Gasteiger partial charge in [0.1, 0.15) is 11.5 Å². The van der Waals surface area contributed by atoms with Crippen LogP contribution in [0, 0.1) is 6.92 Å². The predicted octanol–water partition coefficient (Wildman–Crippen LogP) is 3.02. The van der Waals surface area contributed by atoms with Crippen molar-refractivity contribution in [1.82, 2.24) is 10.3 Å². The molecular weight excluding hydrogens is 274 g/mol. The number of pyridine rings is 1. The smallest absolute Gasteiger partial charge is 0.271 e. The summed E-state index contributed by atoms with van der Waals surface area (Å²) in [5.74, 6) is 0.322. The van der Waals surface area contributed by atoms with Crippen molar-refractivity contribution in [1.29, 1.82) is 0 Å². The number of rotatable bonds is 4. The molecule has 0 saturated carbocycles. The van der Waals surface area contributed by atoms with Crippen LogP contribution in [0.5, 0.6) is 0 Å². The Labute approximate surface area is 123 Å². The van der Waals surface area contributed by atoms with Gasteiger partial charge < -0.3 is 10.6 Å². The van der Waals surface area contributed by atoms with E-state index < -0.39 is 0 Å². The average molecular weight is 290 g/mol. The van der Waals surface area contributed by atoms with Crippen LogP contribution in [0.4, 0.5) is 5.82 Å². The lowest BCUT2D eigenvalue weighted by atomic mass is 10.1. The fraction of sp³-hybridized carbons (Fsp3) is 0.200. The second-order valence-corrected chi connectivity index (χ2v) is 4.85. The first-order valence-corrected chi connectivity index (χ1v) is 6.66. The Kier molecular flexibility index (Phi) is 4.58. The second-order valence-electron chi connectivity index (χ2n) is 4.45. The first kappa shape index (κ1) is 14.3. The lowest BCUT2D eigenvalue weighted by molar-refractivity contribution is 0.0946. The zero-order valence-corrected chi connectivity index (χ0v) is 12.2. The van der Waals surface area contributed by atoms with Gasteiger partial charge >= 0.3 is 0 Å². The number of carbonyl (C=O) groups is 1. The molecule has 2 N–H and O–H groups in total. The van der Waals surface area contributed by atoms with E-state index in [0.29, 0.717) is 17.4 Å². The van der Waals surface area contributed by atoms with E-state index in [-0.39, 0.29) is 11.6 Å². The summed E-state index contributed by atoms with van der Waals surface area (Å²) in [6, 6.07) is 11.4. The van der Waals surface area contributed by atoms with E-state index in [1.807, 2.05) is 31.2 Å². The Morgan fingerprint density at radius 1 is 1.20 bits per heavy atom. The molecule has 0 aliphatic rings. The SMILES string of the molecule is CNc1ccc(Cl)c(C(=O)NCc2ccc(C)cc2)n1. The van der Waals surface area contributed by atoms with Gasteiger partial charge in [0.15, 0.2) is 0 Å². The summed E-state index contributed by atoms with van der Waals surface area (Å²) in [5.41, 5.74) is 2.45. The number of anilines is 1. The molecule has 5 heteroatoms. The third-order valence-corrected chi connectivity index (χ3v) is 3.20. The Morgan fingerprint density at radius 3 is 2.55 bits per heavy atom. The normalized spacial score (nSPS) is 10.2. The van der Waals surface area contributed by atoms with Gasteiger partial charge in [-0.25, -0.2) is 4.98 Å². The molecule has 20 heavy (non-hydrogen) atoms. The quantitative estimate of drug-likeness (QED) is 0.910. The summed E-state index contributed by atoms with van der Waals surface area (Å²) >= 11 is 6.00. The van der Waals surface area contributed by atoms with Gasteiger partial charge in [-0.2, -0.15) is 0 Å². The van der Waals surface area contributed by atoms with Gasteiger partial charge in [0.2, 0.25) is 0 Å². The summed E-state index contributed by atoms with van der Waals surface area (Å²) in [5, 5.41) is 6.03. The van der Waals surface area contributed by atoms with E-state index in [1.54, 1.807) is 19.2 Å². The second kappa shape index (κ2) is 6.39. The molecule has 1 aromatic carbocycles. The maximum Gasteiger partial charge on any atom is 0.271 e. The van der Waals surface area contributed by atoms with Gasteiger partial charge in [-0.1, -0.05) is 41.4 Å². The van der Waals surface area contributed by atoms with Gasteiger partial charge in [0.05, 0.1) is 5.02 Å². The maximum atomic E-state index is 12.1. The minimum Gasteiger partial charge on any atom is -0.373 e. The van der Waals surface area contributed by atoms with Crippen molar-refractivity contribution in [3.8, 4) is 0 Å². The summed E-state index contributed by atoms with van der Waals surface area (Å²) in [7, 11) is 1.74. The number of amides is 1. The summed E-state index contributed by atoms with van der Waals surface area (Å²) < 4.78 is 0. The molecule has 2 aromatic rings. The van der Waals surface area contributed by atoms with Crippen LogP contribution in [0.25, 0.3) is 0 Å². The molecule has 0 aliphatic heterocycles. The number of halogens is 1. The lowest BCUT2D eigenvalue weighted by Crippen LogP contribution is -2.24. The molecule has 1 heterocycles. The number of aryl methyl sites for hydroxylation is 1. The molecule has 1 amide bonds. The molecule has 0 atom stereocenters. The van der Waals surface area contributed by atoms with Gasteiger partial charge in [-0.15, -0.1) is 0 Å². The molecule has 104 valence electrons. The van der Waals surface area contributed by atoms with Crippen LogP contribution in [0.2, 0.25) is 5.02 Å². The zero-order valence-electron chi connectivity index (χ0n) is 11.4. The number of hydrogen-bond acceptors (Lipinski definition) is 3. The Hall–Kier alpha value is -2.07. The molecule has 0 saturated heterocycles. The molecular formula is C15H16ClN3O. The van der Waals surface area contributed by atoms with Crippen molar-refractivity contribution in [3.05, 3.63) is 58.2 Å².